The van der Waals surface area contributed by atoms with Crippen molar-refractivity contribution in [2.24, 2.45) is 0 Å². The van der Waals surface area contributed by atoms with Crippen LogP contribution in [0.4, 0.5) is 5.95 Å². The summed E-state index contributed by atoms with van der Waals surface area (Å²) in [7, 11) is 4.15. The van der Waals surface area contributed by atoms with Crippen LogP contribution in [0, 0.1) is 6.92 Å². The standard InChI is InChI=1S/C13H21N5/c1-9-5-7-15-12-11(9)16-13(14)18(12)10(2)6-8-17(3)4/h5,7,10H,6,8H2,1-4H3,(H2,14,16). The molecular formula is C13H21N5. The van der Waals surface area contributed by atoms with E-state index in [4.69, 9.17) is 5.73 Å². The number of hydrogen-bond donors (Lipinski definition) is 1. The second-order valence-electron chi connectivity index (χ2n) is 5.08. The molecule has 0 aromatic carbocycles. The van der Waals surface area contributed by atoms with E-state index in [1.165, 1.54) is 0 Å². The smallest absolute Gasteiger partial charge is 0.202 e. The van der Waals surface area contributed by atoms with Crippen LogP contribution in [0.15, 0.2) is 12.3 Å². The van der Waals surface area contributed by atoms with Crippen LogP contribution in [0.25, 0.3) is 11.2 Å². The van der Waals surface area contributed by atoms with Gasteiger partial charge in [0.1, 0.15) is 5.52 Å². The van der Waals surface area contributed by atoms with Crippen molar-refractivity contribution in [2.75, 3.05) is 26.4 Å². The van der Waals surface area contributed by atoms with E-state index in [2.05, 4.69) is 35.9 Å². The van der Waals surface area contributed by atoms with Gasteiger partial charge in [-0.2, -0.15) is 0 Å². The van der Waals surface area contributed by atoms with Crippen molar-refractivity contribution in [3.8, 4) is 0 Å². The van der Waals surface area contributed by atoms with Gasteiger partial charge in [-0.3, -0.25) is 4.57 Å². The monoisotopic (exact) mass is 247 g/mol. The first-order chi connectivity index (χ1) is 8.50. The van der Waals surface area contributed by atoms with E-state index >= 15 is 0 Å². The fraction of sp³-hybridized carbons (Fsp3) is 0.538. The second-order valence-corrected chi connectivity index (χ2v) is 5.08. The van der Waals surface area contributed by atoms with Crippen LogP contribution in [-0.2, 0) is 0 Å². The highest BCUT2D eigenvalue weighted by molar-refractivity contribution is 5.77. The third-order valence-corrected chi connectivity index (χ3v) is 3.24. The molecule has 0 saturated heterocycles. The molecular weight excluding hydrogens is 226 g/mol. The topological polar surface area (TPSA) is 60.0 Å². The first kappa shape index (κ1) is 12.8. The number of nitrogen functional groups attached to an aromatic ring is 1. The van der Waals surface area contributed by atoms with E-state index in [1.54, 1.807) is 0 Å². The molecule has 2 N–H and O–H groups in total. The van der Waals surface area contributed by atoms with Gasteiger partial charge in [0.05, 0.1) is 0 Å². The zero-order valence-electron chi connectivity index (χ0n) is 11.5. The Morgan fingerprint density at radius 1 is 1.44 bits per heavy atom. The molecule has 0 bridgehead atoms. The number of aryl methyl sites for hydroxylation is 1. The molecule has 5 heteroatoms. The third-order valence-electron chi connectivity index (χ3n) is 3.24. The molecule has 0 aliphatic rings. The molecule has 0 aliphatic heterocycles. The van der Waals surface area contributed by atoms with Gasteiger partial charge in [0, 0.05) is 12.2 Å². The van der Waals surface area contributed by atoms with Crippen molar-refractivity contribution >= 4 is 17.1 Å². The molecule has 0 spiro atoms. The highest BCUT2D eigenvalue weighted by Gasteiger charge is 2.16. The minimum absolute atomic E-state index is 0.298. The van der Waals surface area contributed by atoms with Crippen LogP contribution in [-0.4, -0.2) is 40.1 Å². The SMILES string of the molecule is Cc1ccnc2c1nc(N)n2C(C)CCN(C)C. The molecule has 0 aliphatic carbocycles. The fourth-order valence-electron chi connectivity index (χ4n) is 2.14. The molecule has 0 saturated carbocycles. The molecule has 2 aromatic rings. The van der Waals surface area contributed by atoms with Crippen LogP contribution >= 0.6 is 0 Å². The van der Waals surface area contributed by atoms with E-state index in [0.29, 0.717) is 12.0 Å². The lowest BCUT2D eigenvalue weighted by Gasteiger charge is -2.17. The van der Waals surface area contributed by atoms with Crippen molar-refractivity contribution < 1.29 is 0 Å². The van der Waals surface area contributed by atoms with Gasteiger partial charge in [0.25, 0.3) is 0 Å². The number of imidazole rings is 1. The summed E-state index contributed by atoms with van der Waals surface area (Å²) in [6, 6.07) is 2.26. The highest BCUT2D eigenvalue weighted by atomic mass is 15.2. The number of hydrogen-bond acceptors (Lipinski definition) is 4. The summed E-state index contributed by atoms with van der Waals surface area (Å²) in [5.41, 5.74) is 8.94. The number of rotatable bonds is 4. The highest BCUT2D eigenvalue weighted by Crippen LogP contribution is 2.24. The van der Waals surface area contributed by atoms with Gasteiger partial charge in [0.2, 0.25) is 5.95 Å². The molecule has 98 valence electrons. The van der Waals surface area contributed by atoms with Crippen molar-refractivity contribution in [3.05, 3.63) is 17.8 Å². The van der Waals surface area contributed by atoms with Crippen molar-refractivity contribution in [2.45, 2.75) is 26.3 Å². The molecule has 2 rings (SSSR count). The maximum Gasteiger partial charge on any atom is 0.202 e. The Balaban J connectivity index is 2.38. The Bertz CT molecular complexity index is 544. The number of anilines is 1. The molecule has 1 unspecified atom stereocenters. The summed E-state index contributed by atoms with van der Waals surface area (Å²) in [6.07, 6.45) is 2.84. The first-order valence-corrected chi connectivity index (χ1v) is 6.24. The minimum atomic E-state index is 0.298. The summed E-state index contributed by atoms with van der Waals surface area (Å²) >= 11 is 0. The second kappa shape index (κ2) is 4.94. The van der Waals surface area contributed by atoms with Gasteiger partial charge in [-0.15, -0.1) is 0 Å². The van der Waals surface area contributed by atoms with Crippen molar-refractivity contribution in [1.29, 1.82) is 0 Å². The van der Waals surface area contributed by atoms with Crippen molar-refractivity contribution in [1.82, 2.24) is 19.4 Å². The Kier molecular flexibility index (Phi) is 3.52. The summed E-state index contributed by atoms with van der Waals surface area (Å²) in [5.74, 6) is 0.554. The first-order valence-electron chi connectivity index (χ1n) is 6.24. The van der Waals surface area contributed by atoms with Crippen LogP contribution in [0.5, 0.6) is 0 Å². The lowest BCUT2D eigenvalue weighted by Crippen LogP contribution is -2.18. The van der Waals surface area contributed by atoms with Crippen LogP contribution in [0.3, 0.4) is 0 Å². The summed E-state index contributed by atoms with van der Waals surface area (Å²) in [5, 5.41) is 0. The molecule has 0 fully saturated rings. The van der Waals surface area contributed by atoms with E-state index in [1.807, 2.05) is 23.8 Å². The Morgan fingerprint density at radius 2 is 2.17 bits per heavy atom. The van der Waals surface area contributed by atoms with Gasteiger partial charge >= 0.3 is 0 Å². The van der Waals surface area contributed by atoms with Crippen LogP contribution in [0.1, 0.15) is 24.9 Å². The minimum Gasteiger partial charge on any atom is -0.369 e. The molecule has 5 nitrogen and oxygen atoms in total. The van der Waals surface area contributed by atoms with E-state index in [0.717, 1.165) is 29.7 Å². The lowest BCUT2D eigenvalue weighted by atomic mass is 10.2. The zero-order valence-corrected chi connectivity index (χ0v) is 11.5. The number of pyridine rings is 1. The molecule has 18 heavy (non-hydrogen) atoms. The number of nitrogens with two attached hydrogens (primary N) is 1. The lowest BCUT2D eigenvalue weighted by molar-refractivity contribution is 0.361. The number of fused-ring (bicyclic) bond motifs is 1. The van der Waals surface area contributed by atoms with Gasteiger partial charge in [-0.25, -0.2) is 9.97 Å². The Hall–Kier alpha value is -1.62. The number of aromatic nitrogens is 3. The number of nitrogens with zero attached hydrogens (tertiary/aromatic N) is 4. The molecule has 0 radical (unpaired) electrons. The van der Waals surface area contributed by atoms with Crippen molar-refractivity contribution in [3.63, 3.8) is 0 Å². The summed E-state index contributed by atoms with van der Waals surface area (Å²) < 4.78 is 2.03. The van der Waals surface area contributed by atoms with Gasteiger partial charge < -0.3 is 10.6 Å². The Labute approximate surface area is 108 Å². The summed E-state index contributed by atoms with van der Waals surface area (Å²) in [4.78, 5) is 11.0. The normalized spacial score (nSPS) is 13.4. The third kappa shape index (κ3) is 2.31. The average molecular weight is 247 g/mol. The maximum atomic E-state index is 6.03. The van der Waals surface area contributed by atoms with E-state index < -0.39 is 0 Å². The van der Waals surface area contributed by atoms with Gasteiger partial charge in [0.15, 0.2) is 5.65 Å². The van der Waals surface area contributed by atoms with E-state index in [-0.39, 0.29) is 0 Å². The van der Waals surface area contributed by atoms with Crippen LogP contribution < -0.4 is 5.73 Å². The van der Waals surface area contributed by atoms with E-state index in [9.17, 15) is 0 Å². The molecule has 0 amide bonds. The summed E-state index contributed by atoms with van der Waals surface area (Å²) in [6.45, 7) is 5.21. The maximum absolute atomic E-state index is 6.03. The predicted octanol–water partition coefficient (Wildman–Crippen LogP) is 1.83. The average Bonchev–Trinajstić information content (AvgIpc) is 2.64. The zero-order chi connectivity index (χ0) is 13.3. The molecule has 2 heterocycles. The molecule has 1 atom stereocenters. The Morgan fingerprint density at radius 3 is 2.83 bits per heavy atom. The molecule has 2 aromatic heterocycles. The van der Waals surface area contributed by atoms with Crippen LogP contribution in [0.2, 0.25) is 0 Å². The van der Waals surface area contributed by atoms with Gasteiger partial charge in [-0.1, -0.05) is 0 Å². The quantitative estimate of drug-likeness (QED) is 0.895. The fourth-order valence-corrected chi connectivity index (χ4v) is 2.14. The largest absolute Gasteiger partial charge is 0.369 e. The predicted molar refractivity (Wildman–Crippen MR) is 74.6 cm³/mol. The van der Waals surface area contributed by atoms with Gasteiger partial charge in [-0.05, 0) is 52.5 Å².